The number of fused-ring (bicyclic) bond motifs is 2. The van der Waals surface area contributed by atoms with Crippen LogP contribution in [0, 0.1) is 17.8 Å². The summed E-state index contributed by atoms with van der Waals surface area (Å²) in [6, 6.07) is 4.04. The first-order valence-corrected chi connectivity index (χ1v) is 12.2. The maximum Gasteiger partial charge on any atom is 0.254 e. The molecule has 4 aliphatic rings. The van der Waals surface area contributed by atoms with E-state index in [9.17, 15) is 9.59 Å². The largest absolute Gasteiger partial charge is 0.342 e. The van der Waals surface area contributed by atoms with E-state index in [0.717, 1.165) is 49.6 Å². The number of hydrogen-bond donors (Lipinski definition) is 1. The predicted octanol–water partition coefficient (Wildman–Crippen LogP) is 2.48. The summed E-state index contributed by atoms with van der Waals surface area (Å²) in [4.78, 5) is 42.5. The molecule has 168 valence electrons. The van der Waals surface area contributed by atoms with Crippen LogP contribution in [0.4, 0.5) is 0 Å². The zero-order valence-electron chi connectivity index (χ0n) is 18.5. The van der Waals surface area contributed by atoms with Crippen LogP contribution in [0.3, 0.4) is 0 Å². The first kappa shape index (κ1) is 20.1. The Labute approximate surface area is 188 Å². The molecule has 3 atom stereocenters. The van der Waals surface area contributed by atoms with Gasteiger partial charge in [0.15, 0.2) is 0 Å². The molecule has 2 aliphatic carbocycles. The van der Waals surface area contributed by atoms with E-state index < -0.39 is 0 Å². The van der Waals surface area contributed by atoms with Gasteiger partial charge in [0.2, 0.25) is 5.91 Å². The van der Waals surface area contributed by atoms with Crippen LogP contribution in [0.1, 0.15) is 60.7 Å². The standard InChI is InChI=1S/C25H31N5O2/c31-24-20-8-10-29(13-16-4-3-9-26-12-16)15-21(20)27-23(28-24)17-7-11-30(14-17)25(32)22-18-5-1-2-6-19(18)22/h3-4,9,12,17-19,22H,1-2,5-8,10-11,13-15H2,(H,27,28,31)/t17-,18-,19-/m0/s1. The van der Waals surface area contributed by atoms with Gasteiger partial charge >= 0.3 is 0 Å². The number of aromatic nitrogens is 3. The van der Waals surface area contributed by atoms with Crippen molar-refractivity contribution in [2.24, 2.45) is 17.8 Å². The summed E-state index contributed by atoms with van der Waals surface area (Å²) in [5, 5.41) is 0. The molecule has 32 heavy (non-hydrogen) atoms. The lowest BCUT2D eigenvalue weighted by atomic mass is 10.0. The summed E-state index contributed by atoms with van der Waals surface area (Å²) in [6.07, 6.45) is 10.3. The zero-order valence-corrected chi connectivity index (χ0v) is 18.5. The van der Waals surface area contributed by atoms with Crippen LogP contribution < -0.4 is 5.56 Å². The van der Waals surface area contributed by atoms with Crippen molar-refractivity contribution in [3.63, 3.8) is 0 Å². The van der Waals surface area contributed by atoms with E-state index in [2.05, 4.69) is 20.9 Å². The SMILES string of the molecule is O=C(C1[C@H]2CCCC[C@H]12)N1CC[C@H](c2nc3c(c(=O)[nH]2)CCN(Cc2cccnc2)C3)C1. The number of nitrogens with zero attached hydrogens (tertiary/aromatic N) is 4. The fourth-order valence-electron chi connectivity index (χ4n) is 6.34. The fourth-order valence-corrected chi connectivity index (χ4v) is 6.34. The van der Waals surface area contributed by atoms with Crippen LogP contribution in [0.15, 0.2) is 29.3 Å². The van der Waals surface area contributed by atoms with Crippen LogP contribution in [0.2, 0.25) is 0 Å². The quantitative estimate of drug-likeness (QED) is 0.801. The van der Waals surface area contributed by atoms with Crippen molar-refractivity contribution in [1.29, 1.82) is 0 Å². The summed E-state index contributed by atoms with van der Waals surface area (Å²) in [5.74, 6) is 2.80. The number of carbonyl (C=O) groups excluding carboxylic acids is 1. The normalized spacial score (nSPS) is 29.4. The maximum atomic E-state index is 13.1. The number of pyridine rings is 1. The summed E-state index contributed by atoms with van der Waals surface area (Å²) >= 11 is 0. The summed E-state index contributed by atoms with van der Waals surface area (Å²) < 4.78 is 0. The molecule has 0 radical (unpaired) electrons. The van der Waals surface area contributed by atoms with E-state index in [1.165, 1.54) is 31.2 Å². The molecule has 2 aliphatic heterocycles. The molecule has 0 unspecified atom stereocenters. The van der Waals surface area contributed by atoms with Gasteiger partial charge in [0.25, 0.3) is 5.56 Å². The lowest BCUT2D eigenvalue weighted by Crippen LogP contribution is -2.36. The highest BCUT2D eigenvalue weighted by Gasteiger charge is 2.56. The number of rotatable bonds is 4. The molecule has 1 saturated heterocycles. The highest BCUT2D eigenvalue weighted by atomic mass is 16.2. The van der Waals surface area contributed by atoms with Crippen molar-refractivity contribution in [2.75, 3.05) is 19.6 Å². The van der Waals surface area contributed by atoms with E-state index >= 15 is 0 Å². The molecule has 0 spiro atoms. The second kappa shape index (κ2) is 8.10. The van der Waals surface area contributed by atoms with Crippen molar-refractivity contribution in [3.05, 3.63) is 57.5 Å². The highest BCUT2D eigenvalue weighted by Crippen LogP contribution is 2.56. The van der Waals surface area contributed by atoms with Gasteiger partial charge in [-0.15, -0.1) is 0 Å². The number of amides is 1. The number of H-pyrrole nitrogens is 1. The highest BCUT2D eigenvalue weighted by molar-refractivity contribution is 5.82. The second-order valence-corrected chi connectivity index (χ2v) is 10.1. The lowest BCUT2D eigenvalue weighted by Gasteiger charge is -2.28. The van der Waals surface area contributed by atoms with E-state index in [1.807, 2.05) is 17.2 Å². The fraction of sp³-hybridized carbons (Fsp3) is 0.600. The average Bonchev–Trinajstić information content (AvgIpc) is 3.33. The predicted molar refractivity (Wildman–Crippen MR) is 120 cm³/mol. The number of carbonyl (C=O) groups is 1. The third-order valence-corrected chi connectivity index (χ3v) is 8.13. The Balaban J connectivity index is 1.15. The van der Waals surface area contributed by atoms with Gasteiger partial charge in [-0.25, -0.2) is 4.98 Å². The van der Waals surface area contributed by atoms with E-state index in [-0.39, 0.29) is 17.4 Å². The number of aromatic amines is 1. The van der Waals surface area contributed by atoms with Gasteiger partial charge in [-0.2, -0.15) is 0 Å². The minimum Gasteiger partial charge on any atom is -0.342 e. The van der Waals surface area contributed by atoms with E-state index in [0.29, 0.717) is 30.8 Å². The van der Waals surface area contributed by atoms with Crippen LogP contribution in [0.5, 0.6) is 0 Å². The molecule has 0 bridgehead atoms. The van der Waals surface area contributed by atoms with Crippen molar-refractivity contribution < 1.29 is 4.79 Å². The molecular weight excluding hydrogens is 402 g/mol. The average molecular weight is 434 g/mol. The Morgan fingerprint density at radius 3 is 2.78 bits per heavy atom. The number of hydrogen-bond acceptors (Lipinski definition) is 5. The Morgan fingerprint density at radius 2 is 2.00 bits per heavy atom. The van der Waals surface area contributed by atoms with Gasteiger partial charge < -0.3 is 9.88 Å². The molecule has 7 nitrogen and oxygen atoms in total. The molecule has 2 saturated carbocycles. The minimum absolute atomic E-state index is 0.00372. The third kappa shape index (κ3) is 3.66. The van der Waals surface area contributed by atoms with Crippen molar-refractivity contribution >= 4 is 5.91 Å². The van der Waals surface area contributed by atoms with Gasteiger partial charge in [-0.1, -0.05) is 18.9 Å². The van der Waals surface area contributed by atoms with Crippen LogP contribution >= 0.6 is 0 Å². The molecule has 4 heterocycles. The summed E-state index contributed by atoms with van der Waals surface area (Å²) in [5.41, 5.74) is 2.90. The van der Waals surface area contributed by atoms with Crippen molar-refractivity contribution in [3.8, 4) is 0 Å². The Kier molecular flexibility index (Phi) is 5.09. The van der Waals surface area contributed by atoms with Gasteiger partial charge in [0.1, 0.15) is 5.82 Å². The summed E-state index contributed by atoms with van der Waals surface area (Å²) in [6.45, 7) is 3.82. The van der Waals surface area contributed by atoms with Gasteiger partial charge in [0.05, 0.1) is 5.69 Å². The smallest absolute Gasteiger partial charge is 0.254 e. The molecule has 0 aromatic carbocycles. The Bertz CT molecular complexity index is 1060. The van der Waals surface area contributed by atoms with Gasteiger partial charge in [-0.3, -0.25) is 19.5 Å². The minimum atomic E-state index is 0.00372. The van der Waals surface area contributed by atoms with Gasteiger partial charge in [0, 0.05) is 62.5 Å². The molecule has 3 fully saturated rings. The van der Waals surface area contributed by atoms with E-state index in [1.54, 1.807) is 6.20 Å². The van der Waals surface area contributed by atoms with Crippen LogP contribution in [0.25, 0.3) is 0 Å². The molecule has 1 N–H and O–H groups in total. The Hall–Kier alpha value is -2.54. The van der Waals surface area contributed by atoms with Crippen molar-refractivity contribution in [1.82, 2.24) is 24.8 Å². The first-order valence-electron chi connectivity index (χ1n) is 12.2. The molecule has 7 heteroatoms. The zero-order chi connectivity index (χ0) is 21.7. The molecule has 2 aromatic rings. The molecule has 2 aromatic heterocycles. The van der Waals surface area contributed by atoms with Crippen molar-refractivity contribution in [2.45, 2.75) is 57.5 Å². The summed E-state index contributed by atoms with van der Waals surface area (Å²) in [7, 11) is 0. The second-order valence-electron chi connectivity index (χ2n) is 10.1. The third-order valence-electron chi connectivity index (χ3n) is 8.13. The topological polar surface area (TPSA) is 82.2 Å². The van der Waals surface area contributed by atoms with Crippen LogP contribution in [-0.4, -0.2) is 50.3 Å². The molecular formula is C25H31N5O2. The molecule has 6 rings (SSSR count). The Morgan fingerprint density at radius 1 is 1.16 bits per heavy atom. The first-order chi connectivity index (χ1) is 15.7. The number of likely N-dealkylation sites (tertiary alicyclic amines) is 1. The maximum absolute atomic E-state index is 13.1. The molecule has 1 amide bonds. The number of nitrogens with one attached hydrogen (secondary N) is 1. The lowest BCUT2D eigenvalue weighted by molar-refractivity contribution is -0.132. The van der Waals surface area contributed by atoms with Gasteiger partial charge in [-0.05, 0) is 49.1 Å². The van der Waals surface area contributed by atoms with Crippen LogP contribution in [-0.2, 0) is 24.3 Å². The van der Waals surface area contributed by atoms with E-state index in [4.69, 9.17) is 4.98 Å². The monoisotopic (exact) mass is 433 g/mol.